The monoisotopic (exact) mass is 320 g/mol. The van der Waals surface area contributed by atoms with Crippen molar-refractivity contribution < 1.29 is 4.74 Å². The molecule has 2 aromatic carbocycles. The highest BCUT2D eigenvalue weighted by Gasteiger charge is 2.08. The molecule has 2 rings (SSSR count). The molecule has 0 bridgehead atoms. The predicted molar refractivity (Wildman–Crippen MR) is 82.1 cm³/mol. The molecule has 0 heterocycles. The summed E-state index contributed by atoms with van der Waals surface area (Å²) in [6.07, 6.45) is 0. The largest absolute Gasteiger partial charge is 0.492 e. The molecule has 0 aliphatic heterocycles. The Morgan fingerprint density at radius 3 is 2.47 bits per heavy atom. The Labute approximate surface area is 122 Å². The van der Waals surface area contributed by atoms with Gasteiger partial charge in [0.25, 0.3) is 0 Å². The van der Waals surface area contributed by atoms with E-state index in [0.29, 0.717) is 13.2 Å². The second-order valence-electron chi connectivity index (χ2n) is 4.16. The number of rotatable bonds is 5. The second-order valence-corrected chi connectivity index (χ2v) is 5.07. The molecule has 19 heavy (non-hydrogen) atoms. The fraction of sp³-hybridized carbons (Fsp3) is 0.200. The molecule has 0 aliphatic rings. The molecule has 0 aromatic heterocycles. The third kappa shape index (κ3) is 3.72. The quantitative estimate of drug-likeness (QED) is 0.674. The van der Waals surface area contributed by atoms with E-state index in [0.717, 1.165) is 21.5 Å². The molecule has 3 nitrogen and oxygen atoms in total. The van der Waals surface area contributed by atoms with E-state index in [9.17, 15) is 0 Å². The Bertz CT molecular complexity index is 528. The number of hydrazine groups is 1. The molecule has 0 radical (unpaired) electrons. The molecule has 0 atom stereocenters. The van der Waals surface area contributed by atoms with Gasteiger partial charge < -0.3 is 9.75 Å². The molecule has 0 unspecified atom stereocenters. The first-order valence-corrected chi connectivity index (χ1v) is 6.98. The lowest BCUT2D eigenvalue weighted by atomic mass is 10.2. The highest BCUT2D eigenvalue weighted by atomic mass is 79.9. The minimum atomic E-state index is 0.628. The fourth-order valence-electron chi connectivity index (χ4n) is 1.84. The maximum Gasteiger partial charge on any atom is 0.143 e. The lowest BCUT2D eigenvalue weighted by molar-refractivity contribution is 0.340. The number of hydrogen-bond acceptors (Lipinski definition) is 3. The van der Waals surface area contributed by atoms with E-state index in [1.165, 1.54) is 0 Å². The average molecular weight is 321 g/mol. The smallest absolute Gasteiger partial charge is 0.143 e. The molecule has 0 saturated carbocycles. The molecule has 100 valence electrons. The van der Waals surface area contributed by atoms with Gasteiger partial charge >= 0.3 is 0 Å². The SMILES string of the molecule is CCOc1ccccc1N(N)Cc1ccc(Br)cc1. The number of halogens is 1. The normalized spacial score (nSPS) is 10.3. The second kappa shape index (κ2) is 6.59. The number of hydrogen-bond donors (Lipinski definition) is 1. The maximum atomic E-state index is 6.14. The van der Waals surface area contributed by atoms with Gasteiger partial charge in [-0.1, -0.05) is 40.2 Å². The van der Waals surface area contributed by atoms with Crippen LogP contribution in [0.1, 0.15) is 12.5 Å². The standard InChI is InChI=1S/C15H17BrN2O/c1-2-19-15-6-4-3-5-14(15)18(17)11-12-7-9-13(16)10-8-12/h3-10H,2,11,17H2,1H3. The van der Waals surface area contributed by atoms with E-state index in [1.54, 1.807) is 5.01 Å². The van der Waals surface area contributed by atoms with Crippen LogP contribution in [0.3, 0.4) is 0 Å². The van der Waals surface area contributed by atoms with Gasteiger partial charge in [0, 0.05) is 4.47 Å². The van der Waals surface area contributed by atoms with Crippen LogP contribution in [0, 0.1) is 0 Å². The van der Waals surface area contributed by atoms with Crippen molar-refractivity contribution in [1.29, 1.82) is 0 Å². The van der Waals surface area contributed by atoms with Gasteiger partial charge in [-0.15, -0.1) is 0 Å². The Hall–Kier alpha value is -1.52. The third-order valence-electron chi connectivity index (χ3n) is 2.74. The molecule has 0 spiro atoms. The predicted octanol–water partition coefficient (Wildman–Crippen LogP) is 3.73. The number of ether oxygens (including phenoxy) is 1. The number of nitrogens with two attached hydrogens (primary N) is 1. The van der Waals surface area contributed by atoms with Crippen LogP contribution < -0.4 is 15.6 Å². The summed E-state index contributed by atoms with van der Waals surface area (Å²) in [5, 5.41) is 1.70. The van der Waals surface area contributed by atoms with Crippen molar-refractivity contribution in [3.8, 4) is 5.75 Å². The van der Waals surface area contributed by atoms with Crippen molar-refractivity contribution in [3.63, 3.8) is 0 Å². The highest BCUT2D eigenvalue weighted by Crippen LogP contribution is 2.27. The summed E-state index contributed by atoms with van der Waals surface area (Å²) in [6, 6.07) is 15.9. The Balaban J connectivity index is 2.15. The number of nitrogens with zero attached hydrogens (tertiary/aromatic N) is 1. The summed E-state index contributed by atoms with van der Waals surface area (Å²) >= 11 is 3.42. The average Bonchev–Trinajstić information content (AvgIpc) is 2.42. The molecular weight excluding hydrogens is 304 g/mol. The van der Waals surface area contributed by atoms with Gasteiger partial charge in [0.15, 0.2) is 0 Å². The van der Waals surface area contributed by atoms with Crippen LogP contribution >= 0.6 is 15.9 Å². The molecule has 4 heteroatoms. The summed E-state index contributed by atoms with van der Waals surface area (Å²) < 4.78 is 6.65. The van der Waals surface area contributed by atoms with Crippen molar-refractivity contribution in [2.24, 2.45) is 5.84 Å². The zero-order valence-corrected chi connectivity index (χ0v) is 12.4. The lowest BCUT2D eigenvalue weighted by Crippen LogP contribution is -2.30. The molecule has 0 aliphatic carbocycles. The van der Waals surface area contributed by atoms with Crippen LogP contribution in [0.25, 0.3) is 0 Å². The van der Waals surface area contributed by atoms with Gasteiger partial charge in [0.1, 0.15) is 5.75 Å². The summed E-state index contributed by atoms with van der Waals surface area (Å²) in [5.74, 6) is 6.95. The van der Waals surface area contributed by atoms with E-state index in [1.807, 2.05) is 55.5 Å². The molecule has 0 amide bonds. The van der Waals surface area contributed by atoms with Gasteiger partial charge in [0.2, 0.25) is 0 Å². The first kappa shape index (κ1) is 13.9. The van der Waals surface area contributed by atoms with Crippen LogP contribution in [0.2, 0.25) is 0 Å². The summed E-state index contributed by atoms with van der Waals surface area (Å²) in [5.41, 5.74) is 2.05. The topological polar surface area (TPSA) is 38.5 Å². The van der Waals surface area contributed by atoms with Crippen molar-refractivity contribution in [3.05, 3.63) is 58.6 Å². The number of para-hydroxylation sites is 2. The van der Waals surface area contributed by atoms with Crippen LogP contribution in [-0.2, 0) is 6.54 Å². The summed E-state index contributed by atoms with van der Waals surface area (Å²) in [4.78, 5) is 0. The lowest BCUT2D eigenvalue weighted by Gasteiger charge is -2.21. The van der Waals surface area contributed by atoms with E-state index < -0.39 is 0 Å². The fourth-order valence-corrected chi connectivity index (χ4v) is 2.11. The molecule has 0 fully saturated rings. The Kier molecular flexibility index (Phi) is 4.82. The van der Waals surface area contributed by atoms with Crippen LogP contribution in [-0.4, -0.2) is 6.61 Å². The highest BCUT2D eigenvalue weighted by molar-refractivity contribution is 9.10. The van der Waals surface area contributed by atoms with Gasteiger partial charge in [-0.25, -0.2) is 5.84 Å². The summed E-state index contributed by atoms with van der Waals surface area (Å²) in [7, 11) is 0. The first-order chi connectivity index (χ1) is 9.20. The van der Waals surface area contributed by atoms with Crippen LogP contribution in [0.5, 0.6) is 5.75 Å². The number of benzene rings is 2. The molecule has 0 saturated heterocycles. The van der Waals surface area contributed by atoms with E-state index >= 15 is 0 Å². The van der Waals surface area contributed by atoms with Gasteiger partial charge in [0.05, 0.1) is 18.8 Å². The molecule has 2 N–H and O–H groups in total. The minimum Gasteiger partial charge on any atom is -0.492 e. The van der Waals surface area contributed by atoms with Gasteiger partial charge in [-0.2, -0.15) is 0 Å². The zero-order chi connectivity index (χ0) is 13.7. The van der Waals surface area contributed by atoms with Crippen molar-refractivity contribution in [2.45, 2.75) is 13.5 Å². The van der Waals surface area contributed by atoms with Gasteiger partial charge in [-0.05, 0) is 36.8 Å². The Morgan fingerprint density at radius 2 is 1.79 bits per heavy atom. The Morgan fingerprint density at radius 1 is 1.11 bits per heavy atom. The van der Waals surface area contributed by atoms with E-state index in [-0.39, 0.29) is 0 Å². The van der Waals surface area contributed by atoms with Gasteiger partial charge in [-0.3, -0.25) is 0 Å². The maximum absolute atomic E-state index is 6.14. The van der Waals surface area contributed by atoms with Crippen LogP contribution in [0.15, 0.2) is 53.0 Å². The minimum absolute atomic E-state index is 0.628. The van der Waals surface area contributed by atoms with Crippen molar-refractivity contribution in [2.75, 3.05) is 11.6 Å². The molecule has 2 aromatic rings. The number of anilines is 1. The van der Waals surface area contributed by atoms with Crippen molar-refractivity contribution in [1.82, 2.24) is 0 Å². The first-order valence-electron chi connectivity index (χ1n) is 6.19. The molecular formula is C15H17BrN2O. The summed E-state index contributed by atoms with van der Waals surface area (Å²) in [6.45, 7) is 3.23. The zero-order valence-electron chi connectivity index (χ0n) is 10.8. The van der Waals surface area contributed by atoms with Crippen LogP contribution in [0.4, 0.5) is 5.69 Å². The van der Waals surface area contributed by atoms with E-state index in [2.05, 4.69) is 15.9 Å². The van der Waals surface area contributed by atoms with Crippen molar-refractivity contribution >= 4 is 21.6 Å². The van der Waals surface area contributed by atoms with E-state index in [4.69, 9.17) is 10.6 Å². The third-order valence-corrected chi connectivity index (χ3v) is 3.27.